The van der Waals surface area contributed by atoms with Crippen LogP contribution in [0.2, 0.25) is 0 Å². The maximum Gasteiger partial charge on any atom is 0.180 e. The number of thiocarbonyl (C=S) groups is 1. The van der Waals surface area contributed by atoms with Crippen molar-refractivity contribution in [2.24, 2.45) is 11.5 Å². The first-order valence-electron chi connectivity index (χ1n) is 15.8. The Balaban J connectivity index is 0.000000197. The van der Waals surface area contributed by atoms with Crippen LogP contribution in [0.3, 0.4) is 0 Å². The summed E-state index contributed by atoms with van der Waals surface area (Å²) in [4.78, 5) is 27.1. The van der Waals surface area contributed by atoms with Gasteiger partial charge in [-0.1, -0.05) is 88.7 Å². The number of benzene rings is 6. The number of halogens is 4. The zero-order chi connectivity index (χ0) is 39.1. The number of nitrogens with two attached hydrogens (primary N) is 3. The molecule has 53 heavy (non-hydrogen) atoms. The lowest BCUT2D eigenvalue weighted by Crippen LogP contribution is -2.18. The van der Waals surface area contributed by atoms with Crippen molar-refractivity contribution in [3.8, 4) is 11.3 Å². The largest absolute Gasteiger partial charge is 0.397 e. The number of nitrogens with zero attached hydrogens (tertiary/aromatic N) is 1. The van der Waals surface area contributed by atoms with Gasteiger partial charge in [0.25, 0.3) is 0 Å². The van der Waals surface area contributed by atoms with Gasteiger partial charge in [0.1, 0.15) is 17.5 Å². The third-order valence-corrected chi connectivity index (χ3v) is 8.39. The van der Waals surface area contributed by atoms with Gasteiger partial charge in [0, 0.05) is 44.8 Å². The molecule has 274 valence electrons. The number of rotatable bonds is 4. The summed E-state index contributed by atoms with van der Waals surface area (Å²) in [5.41, 5.74) is 17.7. The van der Waals surface area contributed by atoms with E-state index in [9.17, 15) is 22.8 Å². The lowest BCUT2D eigenvalue weighted by atomic mass is 10.0. The minimum absolute atomic E-state index is 0.000000000000000222. The molecule has 0 fully saturated rings. The van der Waals surface area contributed by atoms with E-state index in [1.54, 1.807) is 67.6 Å². The van der Waals surface area contributed by atoms with Crippen LogP contribution in [0.15, 0.2) is 115 Å². The van der Waals surface area contributed by atoms with Gasteiger partial charge in [-0.3, -0.25) is 9.59 Å². The number of carbonyl (C=O) groups is 2. The Morgan fingerprint density at radius 2 is 1.09 bits per heavy atom. The number of Topliss-reactive ketones (excluding diaryl/α,β-unsaturated/α-hetero) is 2. The Morgan fingerprint density at radius 1 is 0.717 bits per heavy atom. The van der Waals surface area contributed by atoms with E-state index >= 15 is 0 Å². The van der Waals surface area contributed by atoms with Crippen LogP contribution in [0.1, 0.15) is 34.6 Å². The Hall–Kier alpha value is -5.21. The van der Waals surface area contributed by atoms with Gasteiger partial charge in [-0.05, 0) is 78.6 Å². The van der Waals surface area contributed by atoms with Gasteiger partial charge in [0.2, 0.25) is 0 Å². The SMILES string of the molecule is CC(=O)c1ccc(F)c2ccccc12.CCO.NC(N)=S.Nc1nc(-c2ccc(F)c3ccccc23)cs1.O=C(CBr)c1ccc(F)c2ccccc12. The Morgan fingerprint density at radius 3 is 1.51 bits per heavy atom. The molecular formula is C40H36BrF3N4O3S2. The number of hydrogen-bond acceptors (Lipinski definition) is 7. The summed E-state index contributed by atoms with van der Waals surface area (Å²) >= 11 is 8.59. The molecule has 0 atom stereocenters. The van der Waals surface area contributed by atoms with E-state index in [1.807, 2.05) is 23.6 Å². The van der Waals surface area contributed by atoms with Gasteiger partial charge >= 0.3 is 0 Å². The molecule has 13 heteroatoms. The van der Waals surface area contributed by atoms with Crippen LogP contribution in [-0.2, 0) is 0 Å². The Kier molecular flexibility index (Phi) is 16.5. The van der Waals surface area contributed by atoms with Crippen molar-refractivity contribution in [2.45, 2.75) is 13.8 Å². The predicted molar refractivity (Wildman–Crippen MR) is 219 cm³/mol. The third-order valence-electron chi connectivity index (χ3n) is 7.21. The average Bonchev–Trinajstić information content (AvgIpc) is 3.58. The lowest BCUT2D eigenvalue weighted by molar-refractivity contribution is 0.101. The maximum absolute atomic E-state index is 13.6. The van der Waals surface area contributed by atoms with Gasteiger partial charge in [0.05, 0.1) is 11.0 Å². The zero-order valence-corrected chi connectivity index (χ0v) is 31.9. The van der Waals surface area contributed by atoms with Gasteiger partial charge in [-0.2, -0.15) is 0 Å². The maximum atomic E-state index is 13.6. The number of fused-ring (bicyclic) bond motifs is 3. The fraction of sp³-hybridized carbons (Fsp3) is 0.100. The summed E-state index contributed by atoms with van der Waals surface area (Å²) in [6.45, 7) is 3.42. The van der Waals surface area contributed by atoms with E-state index in [2.05, 4.69) is 44.6 Å². The van der Waals surface area contributed by atoms with Crippen molar-refractivity contribution < 1.29 is 27.9 Å². The summed E-state index contributed by atoms with van der Waals surface area (Å²) in [6.07, 6.45) is 0. The molecule has 0 aliphatic rings. The molecule has 0 aliphatic heterocycles. The second-order valence-corrected chi connectivity index (χ2v) is 12.7. The van der Waals surface area contributed by atoms with Crippen molar-refractivity contribution in [1.29, 1.82) is 0 Å². The van der Waals surface area contributed by atoms with E-state index in [4.69, 9.17) is 10.8 Å². The van der Waals surface area contributed by atoms with Crippen LogP contribution >= 0.6 is 39.5 Å². The van der Waals surface area contributed by atoms with Crippen molar-refractivity contribution in [1.82, 2.24) is 4.98 Å². The second kappa shape index (κ2) is 20.7. The molecule has 0 saturated carbocycles. The summed E-state index contributed by atoms with van der Waals surface area (Å²) < 4.78 is 40.4. The van der Waals surface area contributed by atoms with Crippen LogP contribution in [0.5, 0.6) is 0 Å². The minimum Gasteiger partial charge on any atom is -0.397 e. The fourth-order valence-electron chi connectivity index (χ4n) is 5.04. The van der Waals surface area contributed by atoms with Crippen molar-refractivity contribution in [2.75, 3.05) is 17.7 Å². The number of ketones is 2. The molecule has 1 heterocycles. The molecule has 1 aromatic heterocycles. The van der Waals surface area contributed by atoms with E-state index in [0.717, 1.165) is 16.6 Å². The molecule has 6 aromatic carbocycles. The molecule has 0 bridgehead atoms. The number of thiazole rings is 1. The highest BCUT2D eigenvalue weighted by Crippen LogP contribution is 2.31. The van der Waals surface area contributed by atoms with Crippen molar-refractivity contribution in [3.63, 3.8) is 0 Å². The minimum atomic E-state index is -0.295. The summed E-state index contributed by atoms with van der Waals surface area (Å²) in [5, 5.41) is 14.0. The molecule has 7 rings (SSSR count). The van der Waals surface area contributed by atoms with E-state index < -0.39 is 0 Å². The third kappa shape index (κ3) is 11.6. The number of aromatic nitrogens is 1. The number of hydrogen-bond donors (Lipinski definition) is 4. The smallest absolute Gasteiger partial charge is 0.180 e. The zero-order valence-electron chi connectivity index (χ0n) is 28.7. The van der Waals surface area contributed by atoms with Crippen molar-refractivity contribution in [3.05, 3.63) is 143 Å². The highest BCUT2D eigenvalue weighted by Gasteiger charge is 2.12. The molecule has 0 saturated heterocycles. The molecule has 7 nitrogen and oxygen atoms in total. The highest BCUT2D eigenvalue weighted by molar-refractivity contribution is 9.09. The molecule has 7 aromatic rings. The first kappa shape index (κ1) is 42.2. The standard InChI is InChI=1S/C13H9FN2S.C12H8BrFO.C12H9FO.C2H6O.CH4N2S/c14-11-6-5-10(12-7-17-13(15)16-12)8-3-1-2-4-9(8)11;13-7-12(15)10-5-6-11(14)9-4-2-1-3-8(9)10;1-8(14)9-6-7-12(13)11-5-3-2-4-10(9)11;1-2-3;2-1(3)4/h1-7H,(H2,15,16);1-6H,7H2;2-7H,1H3;3H,2H2,1H3;(H4,2,3,4). The molecular weight excluding hydrogens is 785 g/mol. The van der Waals surface area contributed by atoms with Gasteiger partial charge < -0.3 is 22.3 Å². The van der Waals surface area contributed by atoms with Gasteiger partial charge in [0.15, 0.2) is 21.8 Å². The van der Waals surface area contributed by atoms with E-state index in [1.165, 1.54) is 48.6 Å². The number of anilines is 1. The van der Waals surface area contributed by atoms with Crippen LogP contribution in [0.4, 0.5) is 18.3 Å². The van der Waals surface area contributed by atoms with E-state index in [0.29, 0.717) is 43.2 Å². The molecule has 0 spiro atoms. The van der Waals surface area contributed by atoms with Gasteiger partial charge in [-0.25, -0.2) is 18.2 Å². The molecule has 7 N–H and O–H groups in total. The number of alkyl halides is 1. The Labute approximate surface area is 322 Å². The number of aliphatic hydroxyl groups excluding tert-OH is 1. The normalized spacial score (nSPS) is 10.0. The number of carbonyl (C=O) groups excluding carboxylic acids is 2. The predicted octanol–water partition coefficient (Wildman–Crippen LogP) is 9.61. The second-order valence-electron chi connectivity index (χ2n) is 10.8. The average molecular weight is 822 g/mol. The molecule has 0 aliphatic carbocycles. The quantitative estimate of drug-likeness (QED) is 0.0781. The monoisotopic (exact) mass is 820 g/mol. The molecule has 0 radical (unpaired) electrons. The highest BCUT2D eigenvalue weighted by atomic mass is 79.9. The van der Waals surface area contributed by atoms with Crippen molar-refractivity contribution >= 4 is 93.6 Å². The Bertz CT molecular complexity index is 2350. The number of nitrogen functional groups attached to an aromatic ring is 1. The topological polar surface area (TPSA) is 145 Å². The first-order chi connectivity index (χ1) is 25.3. The van der Waals surface area contributed by atoms with Gasteiger partial charge in [-0.15, -0.1) is 11.3 Å². The summed E-state index contributed by atoms with van der Waals surface area (Å²) in [7, 11) is 0. The molecule has 0 unspecified atom stereocenters. The first-order valence-corrected chi connectivity index (χ1v) is 18.2. The van der Waals surface area contributed by atoms with Crippen LogP contribution < -0.4 is 17.2 Å². The van der Waals surface area contributed by atoms with E-state index in [-0.39, 0.29) is 46.1 Å². The lowest BCUT2D eigenvalue weighted by Gasteiger charge is -2.04. The molecule has 0 amide bonds. The summed E-state index contributed by atoms with van der Waals surface area (Å²) in [5.74, 6) is -0.873. The summed E-state index contributed by atoms with van der Waals surface area (Å²) in [6, 6.07) is 30.3. The van der Waals surface area contributed by atoms with Crippen LogP contribution in [0.25, 0.3) is 43.6 Å². The van der Waals surface area contributed by atoms with Crippen LogP contribution in [0, 0.1) is 17.5 Å². The fourth-order valence-corrected chi connectivity index (χ4v) is 5.91. The number of aliphatic hydroxyl groups is 1. The van der Waals surface area contributed by atoms with Crippen LogP contribution in [-0.4, -0.2) is 38.7 Å².